The van der Waals surface area contributed by atoms with Crippen LogP contribution < -0.4 is 10.1 Å². The molecule has 0 radical (unpaired) electrons. The molecule has 2 aromatic rings. The molecule has 1 amide bonds. The number of rotatable bonds is 5. The Kier molecular flexibility index (Phi) is 5.97. The van der Waals surface area contributed by atoms with E-state index >= 15 is 0 Å². The second kappa shape index (κ2) is 7.99. The first-order valence-electron chi connectivity index (χ1n) is 8.15. The Labute approximate surface area is 152 Å². The summed E-state index contributed by atoms with van der Waals surface area (Å²) in [6.45, 7) is 7.08. The molecule has 0 spiro atoms. The van der Waals surface area contributed by atoms with Crippen molar-refractivity contribution in [3.63, 3.8) is 0 Å². The number of carbonyl (C=O) groups is 2. The maximum atomic E-state index is 14.2. The molecule has 2 rings (SSSR count). The Morgan fingerprint density at radius 1 is 1.23 bits per heavy atom. The van der Waals surface area contributed by atoms with Crippen molar-refractivity contribution in [2.75, 3.05) is 5.32 Å². The Bertz CT molecular complexity index is 812. The van der Waals surface area contributed by atoms with Gasteiger partial charge in [-0.05, 0) is 57.0 Å². The van der Waals surface area contributed by atoms with Gasteiger partial charge in [0.05, 0.1) is 5.56 Å². The average molecular weight is 359 g/mol. The minimum absolute atomic E-state index is 0.00297. The van der Waals surface area contributed by atoms with Crippen LogP contribution in [0.4, 0.5) is 14.9 Å². The molecule has 0 heterocycles. The minimum atomic E-state index is -0.678. The molecule has 5 nitrogen and oxygen atoms in total. The molecule has 0 unspecified atom stereocenters. The van der Waals surface area contributed by atoms with Gasteiger partial charge in [-0.25, -0.2) is 9.18 Å². The highest BCUT2D eigenvalue weighted by molar-refractivity contribution is 5.85. The molecule has 26 heavy (non-hydrogen) atoms. The highest BCUT2D eigenvalue weighted by atomic mass is 19.1. The third-order valence-electron chi connectivity index (χ3n) is 3.45. The van der Waals surface area contributed by atoms with Crippen LogP contribution in [0.1, 0.15) is 42.3 Å². The Hall–Kier alpha value is -2.89. The normalized spacial score (nSPS) is 11.0. The highest BCUT2D eigenvalue weighted by Crippen LogP contribution is 2.24. The largest absolute Gasteiger partial charge is 0.486 e. The predicted octanol–water partition coefficient (Wildman–Crippen LogP) is 4.87. The summed E-state index contributed by atoms with van der Waals surface area (Å²) in [6.07, 6.45) is -0.0844. The lowest BCUT2D eigenvalue weighted by Crippen LogP contribution is -2.27. The third kappa shape index (κ3) is 5.31. The fourth-order valence-electron chi connectivity index (χ4n) is 2.25. The molecule has 0 bridgehead atoms. The van der Waals surface area contributed by atoms with Crippen LogP contribution >= 0.6 is 0 Å². The number of amides is 1. The number of hydrogen-bond acceptors (Lipinski definition) is 4. The molecule has 0 aromatic heterocycles. The Morgan fingerprint density at radius 3 is 2.62 bits per heavy atom. The van der Waals surface area contributed by atoms with Crippen LogP contribution in [0.25, 0.3) is 0 Å². The van der Waals surface area contributed by atoms with E-state index in [9.17, 15) is 14.0 Å². The van der Waals surface area contributed by atoms with E-state index in [1.54, 1.807) is 58.0 Å². The number of nitrogens with one attached hydrogen (secondary N) is 1. The van der Waals surface area contributed by atoms with Crippen molar-refractivity contribution in [2.45, 2.75) is 39.9 Å². The zero-order chi connectivity index (χ0) is 19.3. The van der Waals surface area contributed by atoms with Crippen LogP contribution in [0.5, 0.6) is 5.75 Å². The first kappa shape index (κ1) is 19.4. The molecule has 0 fully saturated rings. The smallest absolute Gasteiger partial charge is 0.412 e. The molecule has 0 aliphatic heterocycles. The number of halogens is 1. The molecular formula is C20H22FNO4. The van der Waals surface area contributed by atoms with Crippen molar-refractivity contribution in [3.8, 4) is 5.75 Å². The molecule has 0 saturated carbocycles. The van der Waals surface area contributed by atoms with E-state index < -0.39 is 17.5 Å². The van der Waals surface area contributed by atoms with E-state index in [1.807, 2.05) is 0 Å². The average Bonchev–Trinajstić information content (AvgIpc) is 2.53. The van der Waals surface area contributed by atoms with Gasteiger partial charge >= 0.3 is 6.09 Å². The van der Waals surface area contributed by atoms with Crippen LogP contribution in [0.3, 0.4) is 0 Å². The number of ether oxygens (including phenoxy) is 2. The van der Waals surface area contributed by atoms with Gasteiger partial charge in [0.15, 0.2) is 17.9 Å². The second-order valence-electron chi connectivity index (χ2n) is 6.84. The van der Waals surface area contributed by atoms with Crippen LogP contribution in [-0.4, -0.2) is 18.0 Å². The van der Waals surface area contributed by atoms with Crippen molar-refractivity contribution in [1.29, 1.82) is 0 Å². The molecule has 0 saturated heterocycles. The summed E-state index contributed by atoms with van der Waals surface area (Å²) in [4.78, 5) is 22.8. The third-order valence-corrected chi connectivity index (χ3v) is 3.45. The lowest BCUT2D eigenvalue weighted by atomic mass is 10.1. The van der Waals surface area contributed by atoms with Gasteiger partial charge in [-0.1, -0.05) is 18.2 Å². The molecule has 2 aromatic carbocycles. The summed E-state index contributed by atoms with van der Waals surface area (Å²) >= 11 is 0. The summed E-state index contributed by atoms with van der Waals surface area (Å²) in [6, 6.07) is 10.1. The van der Waals surface area contributed by atoms with Gasteiger partial charge in [-0.3, -0.25) is 10.1 Å². The number of anilines is 1. The number of hydrogen-bond donors (Lipinski definition) is 1. The fraction of sp³-hybridized carbons (Fsp3) is 0.300. The lowest BCUT2D eigenvalue weighted by molar-refractivity contribution is 0.0635. The summed E-state index contributed by atoms with van der Waals surface area (Å²) < 4.78 is 24.9. The van der Waals surface area contributed by atoms with E-state index in [-0.39, 0.29) is 17.9 Å². The molecule has 6 heteroatoms. The van der Waals surface area contributed by atoms with Crippen molar-refractivity contribution < 1.29 is 23.5 Å². The van der Waals surface area contributed by atoms with Gasteiger partial charge in [0.2, 0.25) is 0 Å². The molecule has 0 aliphatic rings. The number of aldehydes is 1. The monoisotopic (exact) mass is 359 g/mol. The quantitative estimate of drug-likeness (QED) is 0.773. The van der Waals surface area contributed by atoms with Gasteiger partial charge in [0.1, 0.15) is 12.2 Å². The molecule has 0 atom stereocenters. The number of benzene rings is 2. The topological polar surface area (TPSA) is 64.6 Å². The fourth-order valence-corrected chi connectivity index (χ4v) is 2.25. The maximum Gasteiger partial charge on any atom is 0.412 e. The summed E-state index contributed by atoms with van der Waals surface area (Å²) in [5.74, 6) is -0.675. The van der Waals surface area contributed by atoms with Crippen molar-refractivity contribution >= 4 is 18.1 Å². The molecular weight excluding hydrogens is 337 g/mol. The number of aryl methyl sites for hydroxylation is 1. The Morgan fingerprint density at radius 2 is 1.96 bits per heavy atom. The Balaban J connectivity index is 2.05. The zero-order valence-electron chi connectivity index (χ0n) is 15.3. The van der Waals surface area contributed by atoms with Gasteiger partial charge in [0, 0.05) is 5.69 Å². The summed E-state index contributed by atoms with van der Waals surface area (Å²) in [7, 11) is 0. The van der Waals surface area contributed by atoms with Crippen molar-refractivity contribution in [2.24, 2.45) is 0 Å². The van der Waals surface area contributed by atoms with E-state index in [0.29, 0.717) is 17.5 Å². The van der Waals surface area contributed by atoms with E-state index in [1.165, 1.54) is 6.07 Å². The number of carbonyl (C=O) groups excluding carboxylic acids is 2. The SMILES string of the molecule is Cc1ccc(OCc2cccc(NC(=O)OC(C)(C)C)c2)c(F)c1C=O. The minimum Gasteiger partial charge on any atom is -0.486 e. The van der Waals surface area contributed by atoms with Gasteiger partial charge in [-0.15, -0.1) is 0 Å². The van der Waals surface area contributed by atoms with Crippen LogP contribution in [0.15, 0.2) is 36.4 Å². The van der Waals surface area contributed by atoms with Gasteiger partial charge in [-0.2, -0.15) is 0 Å². The molecule has 138 valence electrons. The van der Waals surface area contributed by atoms with Crippen molar-refractivity contribution in [1.82, 2.24) is 0 Å². The standard InChI is InChI=1S/C20H22FNO4/c1-13-8-9-17(18(21)16(13)11-23)25-12-14-6-5-7-15(10-14)22-19(24)26-20(2,3)4/h5-11H,12H2,1-4H3,(H,22,24). The maximum absolute atomic E-state index is 14.2. The van der Waals surface area contributed by atoms with E-state index in [4.69, 9.17) is 9.47 Å². The van der Waals surface area contributed by atoms with Gasteiger partial charge < -0.3 is 9.47 Å². The van der Waals surface area contributed by atoms with E-state index in [2.05, 4.69) is 5.32 Å². The summed E-state index contributed by atoms with van der Waals surface area (Å²) in [5.41, 5.74) is 1.21. The second-order valence-corrected chi connectivity index (χ2v) is 6.84. The predicted molar refractivity (Wildman–Crippen MR) is 97.2 cm³/mol. The molecule has 1 N–H and O–H groups in total. The molecule has 0 aliphatic carbocycles. The van der Waals surface area contributed by atoms with Gasteiger partial charge in [0.25, 0.3) is 0 Å². The van der Waals surface area contributed by atoms with E-state index in [0.717, 1.165) is 5.56 Å². The highest BCUT2D eigenvalue weighted by Gasteiger charge is 2.16. The zero-order valence-corrected chi connectivity index (χ0v) is 15.3. The first-order chi connectivity index (χ1) is 12.2. The van der Waals surface area contributed by atoms with Crippen molar-refractivity contribution in [3.05, 3.63) is 58.9 Å². The lowest BCUT2D eigenvalue weighted by Gasteiger charge is -2.19. The summed E-state index contributed by atoms with van der Waals surface area (Å²) in [5, 5.41) is 2.64. The van der Waals surface area contributed by atoms with Crippen LogP contribution in [0, 0.1) is 12.7 Å². The van der Waals surface area contributed by atoms with Crippen LogP contribution in [0.2, 0.25) is 0 Å². The first-order valence-corrected chi connectivity index (χ1v) is 8.15. The van der Waals surface area contributed by atoms with Crippen LogP contribution in [-0.2, 0) is 11.3 Å².